The van der Waals surface area contributed by atoms with Gasteiger partial charge in [-0.25, -0.2) is 9.79 Å². The molecule has 22 heavy (non-hydrogen) atoms. The number of nitrogens with one attached hydrogen (secondary N) is 1. The SMILES string of the molecule is CCOC(=O)N1CCC(NC(N)=NCc2cnn(C)c2)CC1. The molecule has 1 aliphatic rings. The molecular formula is C14H24N6O2. The maximum Gasteiger partial charge on any atom is 0.409 e. The monoisotopic (exact) mass is 308 g/mol. The summed E-state index contributed by atoms with van der Waals surface area (Å²) in [6, 6.07) is 0.239. The zero-order chi connectivity index (χ0) is 15.9. The lowest BCUT2D eigenvalue weighted by Gasteiger charge is -2.31. The van der Waals surface area contributed by atoms with Crippen molar-refractivity contribution in [2.45, 2.75) is 32.4 Å². The van der Waals surface area contributed by atoms with Gasteiger partial charge in [-0.1, -0.05) is 0 Å². The number of nitrogens with two attached hydrogens (primary N) is 1. The fourth-order valence-electron chi connectivity index (χ4n) is 2.41. The molecule has 0 aliphatic carbocycles. The second kappa shape index (κ2) is 7.67. The molecular weight excluding hydrogens is 284 g/mol. The van der Waals surface area contributed by atoms with Gasteiger partial charge in [-0.2, -0.15) is 5.10 Å². The minimum atomic E-state index is -0.237. The zero-order valence-electron chi connectivity index (χ0n) is 13.2. The van der Waals surface area contributed by atoms with Crippen molar-refractivity contribution in [3.63, 3.8) is 0 Å². The number of hydrogen-bond acceptors (Lipinski definition) is 4. The first kappa shape index (κ1) is 16.1. The van der Waals surface area contributed by atoms with E-state index in [1.807, 2.05) is 20.2 Å². The fourth-order valence-corrected chi connectivity index (χ4v) is 2.41. The molecule has 0 aromatic carbocycles. The Bertz CT molecular complexity index is 519. The van der Waals surface area contributed by atoms with Crippen molar-refractivity contribution in [3.8, 4) is 0 Å². The summed E-state index contributed by atoms with van der Waals surface area (Å²) in [5.41, 5.74) is 6.93. The highest BCUT2D eigenvalue weighted by Crippen LogP contribution is 2.11. The van der Waals surface area contributed by atoms with Crippen molar-refractivity contribution < 1.29 is 9.53 Å². The number of ether oxygens (including phenoxy) is 1. The Kier molecular flexibility index (Phi) is 5.62. The number of carbonyl (C=O) groups excluding carboxylic acids is 1. The van der Waals surface area contributed by atoms with E-state index >= 15 is 0 Å². The highest BCUT2D eigenvalue weighted by molar-refractivity contribution is 5.78. The van der Waals surface area contributed by atoms with Crippen LogP contribution in [0.5, 0.6) is 0 Å². The van der Waals surface area contributed by atoms with Crippen LogP contribution in [-0.2, 0) is 18.3 Å². The number of nitrogens with zero attached hydrogens (tertiary/aromatic N) is 4. The van der Waals surface area contributed by atoms with Gasteiger partial charge in [0.25, 0.3) is 0 Å². The van der Waals surface area contributed by atoms with Crippen molar-refractivity contribution in [1.82, 2.24) is 20.0 Å². The van der Waals surface area contributed by atoms with Crippen LogP contribution in [0.2, 0.25) is 0 Å². The van der Waals surface area contributed by atoms with E-state index in [9.17, 15) is 4.79 Å². The number of hydrogen-bond donors (Lipinski definition) is 2. The molecule has 0 saturated carbocycles. The number of aliphatic imine (C=N–C) groups is 1. The van der Waals surface area contributed by atoms with Gasteiger partial charge in [0.05, 0.1) is 19.3 Å². The summed E-state index contributed by atoms with van der Waals surface area (Å²) < 4.78 is 6.73. The molecule has 0 atom stereocenters. The molecule has 8 heteroatoms. The van der Waals surface area contributed by atoms with E-state index in [1.54, 1.807) is 15.8 Å². The van der Waals surface area contributed by atoms with Crippen molar-refractivity contribution in [1.29, 1.82) is 0 Å². The van der Waals surface area contributed by atoms with E-state index in [2.05, 4.69) is 15.4 Å². The molecule has 1 amide bonds. The molecule has 1 fully saturated rings. The third-order valence-electron chi connectivity index (χ3n) is 3.56. The number of guanidine groups is 1. The molecule has 0 bridgehead atoms. The van der Waals surface area contributed by atoms with E-state index < -0.39 is 0 Å². The maximum atomic E-state index is 11.6. The number of aryl methyl sites for hydroxylation is 1. The second-order valence-electron chi connectivity index (χ2n) is 5.33. The molecule has 2 heterocycles. The van der Waals surface area contributed by atoms with Gasteiger partial charge in [0, 0.05) is 37.9 Å². The fraction of sp³-hybridized carbons (Fsp3) is 0.643. The van der Waals surface area contributed by atoms with Crippen molar-refractivity contribution >= 4 is 12.1 Å². The van der Waals surface area contributed by atoms with Crippen LogP contribution in [0.4, 0.5) is 4.79 Å². The lowest BCUT2D eigenvalue weighted by atomic mass is 10.1. The van der Waals surface area contributed by atoms with Gasteiger partial charge in [-0.15, -0.1) is 0 Å². The van der Waals surface area contributed by atoms with Crippen LogP contribution in [0.3, 0.4) is 0 Å². The van der Waals surface area contributed by atoms with E-state index in [0.29, 0.717) is 32.2 Å². The van der Waals surface area contributed by atoms with Gasteiger partial charge < -0.3 is 20.7 Å². The molecule has 0 spiro atoms. The van der Waals surface area contributed by atoms with Gasteiger partial charge in [0.1, 0.15) is 0 Å². The first-order valence-electron chi connectivity index (χ1n) is 7.54. The Morgan fingerprint density at radius 2 is 2.27 bits per heavy atom. The summed E-state index contributed by atoms with van der Waals surface area (Å²) in [4.78, 5) is 17.7. The van der Waals surface area contributed by atoms with Gasteiger partial charge in [0.15, 0.2) is 5.96 Å². The number of rotatable bonds is 4. The number of amides is 1. The van der Waals surface area contributed by atoms with Crippen LogP contribution >= 0.6 is 0 Å². The Balaban J connectivity index is 1.74. The standard InChI is InChI=1S/C14H24N6O2/c1-3-22-14(21)20-6-4-12(5-7-20)18-13(15)16-8-11-9-17-19(2)10-11/h9-10,12H,3-8H2,1-2H3,(H3,15,16,18). The van der Waals surface area contributed by atoms with E-state index in [0.717, 1.165) is 18.4 Å². The van der Waals surface area contributed by atoms with Crippen LogP contribution < -0.4 is 11.1 Å². The number of carbonyl (C=O) groups is 1. The van der Waals surface area contributed by atoms with Crippen LogP contribution in [0, 0.1) is 0 Å². The van der Waals surface area contributed by atoms with Gasteiger partial charge in [-0.3, -0.25) is 4.68 Å². The average molecular weight is 308 g/mol. The Morgan fingerprint density at radius 3 is 2.86 bits per heavy atom. The Labute approximate surface area is 130 Å². The molecule has 122 valence electrons. The molecule has 3 N–H and O–H groups in total. The smallest absolute Gasteiger partial charge is 0.409 e. The van der Waals surface area contributed by atoms with Gasteiger partial charge >= 0.3 is 6.09 Å². The van der Waals surface area contributed by atoms with Crippen molar-refractivity contribution in [2.24, 2.45) is 17.8 Å². The van der Waals surface area contributed by atoms with E-state index in [4.69, 9.17) is 10.5 Å². The van der Waals surface area contributed by atoms with Gasteiger partial charge in [-0.05, 0) is 19.8 Å². The molecule has 2 rings (SSSR count). The first-order valence-corrected chi connectivity index (χ1v) is 7.54. The number of likely N-dealkylation sites (tertiary alicyclic amines) is 1. The summed E-state index contributed by atoms with van der Waals surface area (Å²) in [5, 5.41) is 7.30. The van der Waals surface area contributed by atoms with Crippen molar-refractivity contribution in [3.05, 3.63) is 18.0 Å². The molecule has 1 aromatic rings. The molecule has 0 unspecified atom stereocenters. The largest absolute Gasteiger partial charge is 0.450 e. The topological polar surface area (TPSA) is 97.8 Å². The predicted octanol–water partition coefficient (Wildman–Crippen LogP) is 0.445. The molecule has 8 nitrogen and oxygen atoms in total. The summed E-state index contributed by atoms with van der Waals surface area (Å²) in [7, 11) is 1.87. The van der Waals surface area contributed by atoms with Crippen LogP contribution in [0.25, 0.3) is 0 Å². The highest BCUT2D eigenvalue weighted by Gasteiger charge is 2.23. The quantitative estimate of drug-likeness (QED) is 0.621. The van der Waals surface area contributed by atoms with Crippen molar-refractivity contribution in [2.75, 3.05) is 19.7 Å². The van der Waals surface area contributed by atoms with Gasteiger partial charge in [0.2, 0.25) is 0 Å². The number of piperidine rings is 1. The molecule has 1 aliphatic heterocycles. The third-order valence-corrected chi connectivity index (χ3v) is 3.56. The zero-order valence-corrected chi connectivity index (χ0v) is 13.2. The average Bonchev–Trinajstić information content (AvgIpc) is 2.92. The highest BCUT2D eigenvalue weighted by atomic mass is 16.6. The lowest BCUT2D eigenvalue weighted by molar-refractivity contribution is 0.0963. The molecule has 1 saturated heterocycles. The van der Waals surface area contributed by atoms with Crippen LogP contribution in [0.15, 0.2) is 17.4 Å². The summed E-state index contributed by atoms with van der Waals surface area (Å²) in [5.74, 6) is 0.429. The van der Waals surface area contributed by atoms with Crippen LogP contribution in [0.1, 0.15) is 25.3 Å². The summed E-state index contributed by atoms with van der Waals surface area (Å²) in [6.07, 6.45) is 5.12. The Morgan fingerprint density at radius 1 is 1.55 bits per heavy atom. The van der Waals surface area contributed by atoms with E-state index in [1.165, 1.54) is 0 Å². The normalized spacial score (nSPS) is 16.6. The third kappa shape index (κ3) is 4.64. The van der Waals surface area contributed by atoms with E-state index in [-0.39, 0.29) is 12.1 Å². The lowest BCUT2D eigenvalue weighted by Crippen LogP contribution is -2.48. The molecule has 0 radical (unpaired) electrons. The Hall–Kier alpha value is -2.25. The summed E-state index contributed by atoms with van der Waals surface area (Å²) in [6.45, 7) is 4.07. The first-order chi connectivity index (χ1) is 10.6. The second-order valence-corrected chi connectivity index (χ2v) is 5.33. The number of aromatic nitrogens is 2. The van der Waals surface area contributed by atoms with Crippen LogP contribution in [-0.4, -0.2) is 52.5 Å². The predicted molar refractivity (Wildman–Crippen MR) is 83.3 cm³/mol. The maximum absolute atomic E-state index is 11.6. The molecule has 1 aromatic heterocycles. The summed E-state index contributed by atoms with van der Waals surface area (Å²) >= 11 is 0. The minimum Gasteiger partial charge on any atom is -0.450 e. The minimum absolute atomic E-state index is 0.237.